The molecule has 0 amide bonds. The summed E-state index contributed by atoms with van der Waals surface area (Å²) in [6.07, 6.45) is 0.633. The molecule has 0 saturated carbocycles. The molecule has 0 saturated heterocycles. The number of aromatic amines is 1. The third kappa shape index (κ3) is 3.08. The third-order valence-electron chi connectivity index (χ3n) is 2.72. The van der Waals surface area contributed by atoms with E-state index in [2.05, 4.69) is 10.2 Å². The topological polar surface area (TPSA) is 101 Å². The molecule has 18 heavy (non-hydrogen) atoms. The summed E-state index contributed by atoms with van der Waals surface area (Å²) in [6.45, 7) is 2.79. The molecule has 1 aromatic heterocycles. The minimum atomic E-state index is -3.59. The van der Waals surface area contributed by atoms with Gasteiger partial charge in [0, 0.05) is 45.1 Å². The second-order valence-corrected chi connectivity index (χ2v) is 5.97. The molecule has 0 fully saturated rings. The molecule has 0 unspecified atom stereocenters. The smallest absolute Gasteiger partial charge is 0.262 e. The van der Waals surface area contributed by atoms with Crippen molar-refractivity contribution >= 4 is 10.0 Å². The zero-order valence-electron chi connectivity index (χ0n) is 10.9. The van der Waals surface area contributed by atoms with Gasteiger partial charge in [-0.05, 0) is 13.3 Å². The van der Waals surface area contributed by atoms with Crippen LogP contribution in [0.4, 0.5) is 0 Å². The van der Waals surface area contributed by atoms with Crippen molar-refractivity contribution in [2.75, 3.05) is 27.3 Å². The molecule has 0 aromatic carbocycles. The second-order valence-electron chi connectivity index (χ2n) is 4.01. The highest BCUT2D eigenvalue weighted by molar-refractivity contribution is 7.89. The first-order chi connectivity index (χ1) is 8.45. The Labute approximate surface area is 107 Å². The summed E-state index contributed by atoms with van der Waals surface area (Å²) in [7, 11) is -0.481. The van der Waals surface area contributed by atoms with Crippen molar-refractivity contribution in [2.45, 2.75) is 24.9 Å². The van der Waals surface area contributed by atoms with Gasteiger partial charge in [0.1, 0.15) is 0 Å². The fourth-order valence-corrected chi connectivity index (χ4v) is 2.96. The third-order valence-corrected chi connectivity index (χ3v) is 4.55. The van der Waals surface area contributed by atoms with E-state index in [1.807, 2.05) is 0 Å². The lowest BCUT2D eigenvalue weighted by atomic mass is 10.3. The number of hydrogen-bond donors (Lipinski definition) is 2. The first-order valence-corrected chi connectivity index (χ1v) is 7.08. The van der Waals surface area contributed by atoms with Crippen molar-refractivity contribution in [2.24, 2.45) is 5.73 Å². The minimum absolute atomic E-state index is 0.0161. The molecule has 1 rings (SSSR count). The Kier molecular flexibility index (Phi) is 5.27. The van der Waals surface area contributed by atoms with E-state index in [1.165, 1.54) is 11.4 Å². The van der Waals surface area contributed by atoms with Crippen molar-refractivity contribution in [1.29, 1.82) is 0 Å². The van der Waals surface area contributed by atoms with E-state index >= 15 is 0 Å². The number of ether oxygens (including phenoxy) is 1. The molecule has 0 aliphatic heterocycles. The van der Waals surface area contributed by atoms with Gasteiger partial charge in [-0.2, -0.15) is 9.40 Å². The van der Waals surface area contributed by atoms with E-state index < -0.39 is 10.0 Å². The Balaban J connectivity index is 2.91. The van der Waals surface area contributed by atoms with E-state index in [4.69, 9.17) is 10.5 Å². The monoisotopic (exact) mass is 276 g/mol. The predicted molar refractivity (Wildman–Crippen MR) is 67.5 cm³/mol. The van der Waals surface area contributed by atoms with E-state index in [0.717, 1.165) is 0 Å². The Bertz CT molecular complexity index is 483. The quantitative estimate of drug-likeness (QED) is 0.673. The summed E-state index contributed by atoms with van der Waals surface area (Å²) in [4.78, 5) is 0. The number of hydrogen-bond acceptors (Lipinski definition) is 5. The zero-order chi connectivity index (χ0) is 13.8. The summed E-state index contributed by atoms with van der Waals surface area (Å²) in [5.41, 5.74) is 6.77. The molecule has 0 bridgehead atoms. The molecule has 0 radical (unpaired) electrons. The minimum Gasteiger partial charge on any atom is -0.385 e. The fourth-order valence-electron chi connectivity index (χ4n) is 1.58. The largest absolute Gasteiger partial charge is 0.385 e. The summed E-state index contributed by atoms with van der Waals surface area (Å²) < 4.78 is 30.7. The highest BCUT2D eigenvalue weighted by atomic mass is 32.2. The van der Waals surface area contributed by atoms with Crippen molar-refractivity contribution in [3.63, 3.8) is 0 Å². The summed E-state index contributed by atoms with van der Waals surface area (Å²) >= 11 is 0. The van der Waals surface area contributed by atoms with Crippen molar-refractivity contribution in [1.82, 2.24) is 14.5 Å². The van der Waals surface area contributed by atoms with Crippen molar-refractivity contribution in [3.8, 4) is 0 Å². The van der Waals surface area contributed by atoms with Gasteiger partial charge in [-0.25, -0.2) is 8.42 Å². The summed E-state index contributed by atoms with van der Waals surface area (Å²) in [6, 6.07) is 0. The van der Waals surface area contributed by atoms with Crippen molar-refractivity contribution < 1.29 is 13.2 Å². The number of H-pyrrole nitrogens is 1. The average molecular weight is 276 g/mol. The van der Waals surface area contributed by atoms with Crippen LogP contribution in [0.3, 0.4) is 0 Å². The Morgan fingerprint density at radius 3 is 2.72 bits per heavy atom. The normalized spacial score (nSPS) is 12.3. The number of aryl methyl sites for hydroxylation is 1. The van der Waals surface area contributed by atoms with Gasteiger partial charge in [-0.1, -0.05) is 0 Å². The van der Waals surface area contributed by atoms with Crippen LogP contribution in [0.15, 0.2) is 5.03 Å². The van der Waals surface area contributed by atoms with Gasteiger partial charge in [0.25, 0.3) is 10.0 Å². The molecule has 1 aromatic rings. The van der Waals surface area contributed by atoms with Gasteiger partial charge < -0.3 is 10.5 Å². The van der Waals surface area contributed by atoms with Crippen LogP contribution in [-0.2, 0) is 21.3 Å². The van der Waals surface area contributed by atoms with Gasteiger partial charge in [0.15, 0.2) is 5.03 Å². The van der Waals surface area contributed by atoms with Gasteiger partial charge in [0.2, 0.25) is 0 Å². The van der Waals surface area contributed by atoms with Gasteiger partial charge >= 0.3 is 0 Å². The number of rotatable bonds is 7. The van der Waals surface area contributed by atoms with E-state index in [-0.39, 0.29) is 11.6 Å². The highest BCUT2D eigenvalue weighted by Gasteiger charge is 2.27. The number of nitrogens with two attached hydrogens (primary N) is 1. The maximum atomic E-state index is 12.3. The van der Waals surface area contributed by atoms with Crippen LogP contribution >= 0.6 is 0 Å². The lowest BCUT2D eigenvalue weighted by molar-refractivity contribution is 0.189. The van der Waals surface area contributed by atoms with E-state index in [1.54, 1.807) is 14.0 Å². The maximum Gasteiger partial charge on any atom is 0.262 e. The molecule has 0 spiro atoms. The lowest BCUT2D eigenvalue weighted by Crippen LogP contribution is -2.29. The molecular formula is C10H20N4O3S. The zero-order valence-corrected chi connectivity index (χ0v) is 11.7. The number of methoxy groups -OCH3 is 1. The Morgan fingerprint density at radius 2 is 2.17 bits per heavy atom. The standard InChI is InChI=1S/C10H20N4O3S/c1-8-9(7-11)10(13-12-8)18(15,16)14(2)5-4-6-17-3/h4-7,11H2,1-3H3,(H,12,13). The molecular weight excluding hydrogens is 256 g/mol. The van der Waals surface area contributed by atoms with E-state index in [0.29, 0.717) is 30.8 Å². The molecule has 0 atom stereocenters. The van der Waals surface area contributed by atoms with Crippen LogP contribution in [0.2, 0.25) is 0 Å². The number of nitrogens with zero attached hydrogens (tertiary/aromatic N) is 2. The van der Waals surface area contributed by atoms with Crippen LogP contribution in [-0.4, -0.2) is 50.2 Å². The van der Waals surface area contributed by atoms with Crippen LogP contribution in [0.25, 0.3) is 0 Å². The molecule has 3 N–H and O–H groups in total. The van der Waals surface area contributed by atoms with Crippen LogP contribution in [0.1, 0.15) is 17.7 Å². The molecule has 8 heteroatoms. The second kappa shape index (κ2) is 6.28. The van der Waals surface area contributed by atoms with Gasteiger partial charge in [0.05, 0.1) is 0 Å². The molecule has 0 aliphatic rings. The predicted octanol–water partition coefficient (Wildman–Crippen LogP) is -0.166. The SMILES string of the molecule is COCCCN(C)S(=O)(=O)c1n[nH]c(C)c1CN. The van der Waals surface area contributed by atoms with Crippen LogP contribution < -0.4 is 5.73 Å². The Hall–Kier alpha value is -0.960. The molecule has 7 nitrogen and oxygen atoms in total. The molecule has 0 aliphatic carbocycles. The highest BCUT2D eigenvalue weighted by Crippen LogP contribution is 2.19. The lowest BCUT2D eigenvalue weighted by Gasteiger charge is -2.16. The Morgan fingerprint density at radius 1 is 1.50 bits per heavy atom. The van der Waals surface area contributed by atoms with Crippen LogP contribution in [0, 0.1) is 6.92 Å². The first-order valence-electron chi connectivity index (χ1n) is 5.64. The molecule has 104 valence electrons. The number of aromatic nitrogens is 2. The van der Waals surface area contributed by atoms with Crippen LogP contribution in [0.5, 0.6) is 0 Å². The maximum absolute atomic E-state index is 12.3. The summed E-state index contributed by atoms with van der Waals surface area (Å²) in [5.74, 6) is 0. The fraction of sp³-hybridized carbons (Fsp3) is 0.700. The van der Waals surface area contributed by atoms with Gasteiger partial charge in [-0.3, -0.25) is 5.10 Å². The van der Waals surface area contributed by atoms with Gasteiger partial charge in [-0.15, -0.1) is 0 Å². The summed E-state index contributed by atoms with van der Waals surface area (Å²) in [5, 5.41) is 6.51. The van der Waals surface area contributed by atoms with Crippen molar-refractivity contribution in [3.05, 3.63) is 11.3 Å². The number of sulfonamides is 1. The average Bonchev–Trinajstić information content (AvgIpc) is 2.71. The number of nitrogens with one attached hydrogen (secondary N) is 1. The van der Waals surface area contributed by atoms with E-state index in [9.17, 15) is 8.42 Å². The first kappa shape index (κ1) is 15.1. The molecule has 1 heterocycles.